The van der Waals surface area contributed by atoms with E-state index in [-0.39, 0.29) is 6.09 Å². The number of rotatable bonds is 11. The Morgan fingerprint density at radius 1 is 0.875 bits per heavy atom. The van der Waals surface area contributed by atoms with Crippen LogP contribution >= 0.6 is 0 Å². The Bertz CT molecular complexity index is 465. The molecule has 0 heterocycles. The molecule has 0 aromatic heterocycles. The average molecular weight is 336 g/mol. The number of hydrogen-bond acceptors (Lipinski definition) is 4. The maximum absolute atomic E-state index is 11.5. The van der Waals surface area contributed by atoms with Crippen LogP contribution in [0.5, 0.6) is 5.75 Å². The van der Waals surface area contributed by atoms with Gasteiger partial charge in [0.1, 0.15) is 5.75 Å². The van der Waals surface area contributed by atoms with Gasteiger partial charge in [-0.25, -0.2) is 9.59 Å². The van der Waals surface area contributed by atoms with E-state index in [1.165, 1.54) is 0 Å². The third-order valence-electron chi connectivity index (χ3n) is 3.33. The minimum absolute atomic E-state index is 0.339. The van der Waals surface area contributed by atoms with E-state index in [2.05, 4.69) is 17.6 Å². The molecule has 24 heavy (non-hydrogen) atoms. The zero-order chi connectivity index (χ0) is 17.5. The fourth-order valence-corrected chi connectivity index (χ4v) is 1.98. The van der Waals surface area contributed by atoms with E-state index in [9.17, 15) is 9.59 Å². The molecule has 0 saturated heterocycles. The summed E-state index contributed by atoms with van der Waals surface area (Å²) >= 11 is 0. The molecule has 1 aromatic carbocycles. The molecule has 2 N–H and O–H groups in total. The predicted octanol–water partition coefficient (Wildman–Crippen LogP) is 3.86. The predicted molar refractivity (Wildman–Crippen MR) is 93.2 cm³/mol. The number of benzene rings is 1. The summed E-state index contributed by atoms with van der Waals surface area (Å²) in [4.78, 5) is 22.8. The van der Waals surface area contributed by atoms with Crippen molar-refractivity contribution in [2.75, 3.05) is 19.7 Å². The van der Waals surface area contributed by atoms with Crippen LogP contribution in [0, 0.1) is 0 Å². The average Bonchev–Trinajstić information content (AvgIpc) is 2.58. The first-order valence-electron chi connectivity index (χ1n) is 8.63. The largest absolute Gasteiger partial charge is 0.450 e. The molecule has 0 atom stereocenters. The van der Waals surface area contributed by atoms with Gasteiger partial charge in [0.2, 0.25) is 0 Å². The Morgan fingerprint density at radius 3 is 2.12 bits per heavy atom. The molecule has 6 nitrogen and oxygen atoms in total. The van der Waals surface area contributed by atoms with Crippen molar-refractivity contribution in [3.8, 4) is 5.75 Å². The van der Waals surface area contributed by atoms with Crippen molar-refractivity contribution in [1.82, 2.24) is 10.6 Å². The van der Waals surface area contributed by atoms with Gasteiger partial charge in [-0.1, -0.05) is 44.4 Å². The first-order valence-corrected chi connectivity index (χ1v) is 8.63. The fraction of sp³-hybridized carbons (Fsp3) is 0.556. The molecule has 0 aliphatic heterocycles. The number of para-hydroxylation sites is 1. The standard InChI is InChI=1S/C18H28N2O4/c1-2-3-15-23-17(21)19-13-9-4-5-10-14-20-18(22)24-16-11-7-6-8-12-16/h6-8,11-12H,2-5,9-10,13-15H2,1H3,(H,19,21)(H,20,22). The number of amides is 2. The molecule has 1 rings (SSSR count). The van der Waals surface area contributed by atoms with Gasteiger partial charge in [0.05, 0.1) is 6.61 Å². The van der Waals surface area contributed by atoms with E-state index < -0.39 is 6.09 Å². The molecule has 0 spiro atoms. The summed E-state index contributed by atoms with van der Waals surface area (Å²) in [6.45, 7) is 3.73. The number of nitrogens with one attached hydrogen (secondary N) is 2. The first-order chi connectivity index (χ1) is 11.7. The highest BCUT2D eigenvalue weighted by atomic mass is 16.6. The van der Waals surface area contributed by atoms with Gasteiger partial charge in [0, 0.05) is 13.1 Å². The van der Waals surface area contributed by atoms with Crippen LogP contribution in [0.3, 0.4) is 0 Å². The Hall–Kier alpha value is -2.24. The molecule has 0 aliphatic carbocycles. The van der Waals surface area contributed by atoms with Gasteiger partial charge in [0.25, 0.3) is 0 Å². The Kier molecular flexibility index (Phi) is 10.9. The van der Waals surface area contributed by atoms with Gasteiger partial charge in [-0.05, 0) is 31.4 Å². The second-order valence-corrected chi connectivity index (χ2v) is 5.46. The van der Waals surface area contributed by atoms with E-state index >= 15 is 0 Å². The minimum Gasteiger partial charge on any atom is -0.450 e. The Labute approximate surface area is 143 Å². The lowest BCUT2D eigenvalue weighted by molar-refractivity contribution is 0.144. The number of carbonyl (C=O) groups excluding carboxylic acids is 2. The smallest absolute Gasteiger partial charge is 0.412 e. The third kappa shape index (κ3) is 10.5. The molecule has 0 fully saturated rings. The van der Waals surface area contributed by atoms with Gasteiger partial charge in [-0.3, -0.25) is 0 Å². The van der Waals surface area contributed by atoms with Gasteiger partial charge in [-0.2, -0.15) is 0 Å². The fourth-order valence-electron chi connectivity index (χ4n) is 1.98. The van der Waals surface area contributed by atoms with Crippen molar-refractivity contribution < 1.29 is 19.1 Å². The number of alkyl carbamates (subject to hydrolysis) is 1. The molecule has 1 aromatic rings. The van der Waals surface area contributed by atoms with Gasteiger partial charge >= 0.3 is 12.2 Å². The van der Waals surface area contributed by atoms with E-state index in [0.29, 0.717) is 25.4 Å². The number of ether oxygens (including phenoxy) is 2. The number of carbonyl (C=O) groups is 2. The van der Waals surface area contributed by atoms with Crippen LogP contribution in [0.25, 0.3) is 0 Å². The van der Waals surface area contributed by atoms with Crippen LogP contribution < -0.4 is 15.4 Å². The summed E-state index contributed by atoms with van der Waals surface area (Å²) in [7, 11) is 0. The van der Waals surface area contributed by atoms with Gasteiger partial charge in [-0.15, -0.1) is 0 Å². The Balaban J connectivity index is 1.90. The van der Waals surface area contributed by atoms with Crippen molar-refractivity contribution in [2.24, 2.45) is 0 Å². The third-order valence-corrected chi connectivity index (χ3v) is 3.33. The Morgan fingerprint density at radius 2 is 1.50 bits per heavy atom. The quantitative estimate of drug-likeness (QED) is 0.602. The van der Waals surface area contributed by atoms with Crippen molar-refractivity contribution >= 4 is 12.2 Å². The molecule has 0 radical (unpaired) electrons. The molecule has 0 bridgehead atoms. The summed E-state index contributed by atoms with van der Waals surface area (Å²) < 4.78 is 10.1. The SMILES string of the molecule is CCCCOC(=O)NCCCCCCNC(=O)Oc1ccccc1. The lowest BCUT2D eigenvalue weighted by Gasteiger charge is -2.07. The van der Waals surface area contributed by atoms with Crippen LogP contribution in [-0.2, 0) is 4.74 Å². The summed E-state index contributed by atoms with van der Waals surface area (Å²) in [5.41, 5.74) is 0. The topological polar surface area (TPSA) is 76.7 Å². The molecular formula is C18H28N2O4. The zero-order valence-corrected chi connectivity index (χ0v) is 14.4. The van der Waals surface area contributed by atoms with E-state index in [0.717, 1.165) is 38.5 Å². The normalized spacial score (nSPS) is 10.0. The number of unbranched alkanes of at least 4 members (excludes halogenated alkanes) is 4. The molecule has 6 heteroatoms. The zero-order valence-electron chi connectivity index (χ0n) is 14.4. The highest BCUT2D eigenvalue weighted by Crippen LogP contribution is 2.08. The van der Waals surface area contributed by atoms with E-state index in [4.69, 9.17) is 9.47 Å². The van der Waals surface area contributed by atoms with Crippen LogP contribution in [0.4, 0.5) is 9.59 Å². The van der Waals surface area contributed by atoms with Crippen molar-refractivity contribution in [1.29, 1.82) is 0 Å². The first kappa shape index (κ1) is 19.8. The molecular weight excluding hydrogens is 308 g/mol. The van der Waals surface area contributed by atoms with Crippen LogP contribution in [0.15, 0.2) is 30.3 Å². The summed E-state index contributed by atoms with van der Waals surface area (Å²) in [6.07, 6.45) is 4.89. The van der Waals surface area contributed by atoms with Crippen LogP contribution in [0.2, 0.25) is 0 Å². The lowest BCUT2D eigenvalue weighted by Crippen LogP contribution is -2.27. The van der Waals surface area contributed by atoms with Crippen LogP contribution in [-0.4, -0.2) is 31.9 Å². The van der Waals surface area contributed by atoms with E-state index in [1.807, 2.05) is 18.2 Å². The summed E-state index contributed by atoms with van der Waals surface area (Å²) in [5.74, 6) is 0.534. The van der Waals surface area contributed by atoms with E-state index in [1.54, 1.807) is 12.1 Å². The van der Waals surface area contributed by atoms with Crippen molar-refractivity contribution in [2.45, 2.75) is 45.4 Å². The summed E-state index contributed by atoms with van der Waals surface area (Å²) in [6, 6.07) is 8.97. The highest BCUT2D eigenvalue weighted by Gasteiger charge is 2.03. The second kappa shape index (κ2) is 13.2. The highest BCUT2D eigenvalue weighted by molar-refractivity contribution is 5.70. The van der Waals surface area contributed by atoms with Crippen molar-refractivity contribution in [3.63, 3.8) is 0 Å². The molecule has 0 aliphatic rings. The molecule has 0 unspecified atom stereocenters. The molecule has 134 valence electrons. The lowest BCUT2D eigenvalue weighted by atomic mass is 10.2. The monoisotopic (exact) mass is 336 g/mol. The van der Waals surface area contributed by atoms with Crippen LogP contribution in [0.1, 0.15) is 45.4 Å². The van der Waals surface area contributed by atoms with Gasteiger partial charge in [0.15, 0.2) is 0 Å². The maximum Gasteiger partial charge on any atom is 0.412 e. The van der Waals surface area contributed by atoms with Gasteiger partial charge < -0.3 is 20.1 Å². The molecule has 2 amide bonds. The second-order valence-electron chi connectivity index (χ2n) is 5.46. The van der Waals surface area contributed by atoms with Crippen molar-refractivity contribution in [3.05, 3.63) is 30.3 Å². The summed E-state index contributed by atoms with van der Waals surface area (Å²) in [5, 5.41) is 5.45. The molecule has 0 saturated carbocycles. The maximum atomic E-state index is 11.5. The number of hydrogen-bond donors (Lipinski definition) is 2. The minimum atomic E-state index is -0.433.